The first kappa shape index (κ1) is 14.6. The average Bonchev–Trinajstić information content (AvgIpc) is 3.10. The van der Waals surface area contributed by atoms with E-state index in [1.165, 1.54) is 11.1 Å². The van der Waals surface area contributed by atoms with Gasteiger partial charge in [0.25, 0.3) is 5.91 Å². The van der Waals surface area contributed by atoms with E-state index in [1.54, 1.807) is 18.2 Å². The molecule has 1 heterocycles. The van der Waals surface area contributed by atoms with Crippen molar-refractivity contribution in [2.75, 3.05) is 0 Å². The van der Waals surface area contributed by atoms with Gasteiger partial charge in [0.1, 0.15) is 5.69 Å². The summed E-state index contributed by atoms with van der Waals surface area (Å²) >= 11 is 12.2. The largest absolute Gasteiger partial charge is 0.350 e. The van der Waals surface area contributed by atoms with Gasteiger partial charge in [-0.2, -0.15) is 0 Å². The zero-order chi connectivity index (χ0) is 16.0. The Kier molecular flexibility index (Phi) is 3.55. The highest BCUT2D eigenvalue weighted by atomic mass is 35.5. The fourth-order valence-electron chi connectivity index (χ4n) is 3.21. The average molecular weight is 345 g/mol. The third-order valence-electron chi connectivity index (χ3n) is 4.28. The molecule has 116 valence electrons. The van der Waals surface area contributed by atoms with Crippen LogP contribution in [0.2, 0.25) is 10.0 Å². The van der Waals surface area contributed by atoms with Crippen molar-refractivity contribution in [3.8, 4) is 0 Å². The molecule has 1 aromatic heterocycles. The van der Waals surface area contributed by atoms with Gasteiger partial charge in [-0.3, -0.25) is 4.79 Å². The van der Waals surface area contributed by atoms with Gasteiger partial charge in [0.05, 0.1) is 5.02 Å². The van der Waals surface area contributed by atoms with Gasteiger partial charge in [0.2, 0.25) is 0 Å². The standard InChI is InChI=1S/C18H14Cl2N2O/c19-12-7-15(20)14-9-17(22-16(14)8-12)18(23)21-13-5-10-3-1-2-4-11(10)6-13/h1-4,7-9,13,22H,5-6H2,(H,21,23). The van der Waals surface area contributed by atoms with E-state index in [1.807, 2.05) is 12.1 Å². The summed E-state index contributed by atoms with van der Waals surface area (Å²) in [6, 6.07) is 13.6. The van der Waals surface area contributed by atoms with Gasteiger partial charge in [-0.1, -0.05) is 47.5 Å². The molecule has 0 spiro atoms. The van der Waals surface area contributed by atoms with Crippen molar-refractivity contribution in [1.82, 2.24) is 10.3 Å². The maximum absolute atomic E-state index is 12.5. The molecular weight excluding hydrogens is 331 g/mol. The first-order valence-corrected chi connectivity index (χ1v) is 8.21. The van der Waals surface area contributed by atoms with Gasteiger partial charge < -0.3 is 10.3 Å². The molecule has 1 aliphatic rings. The Labute approximate surface area is 143 Å². The summed E-state index contributed by atoms with van der Waals surface area (Å²) in [5.74, 6) is -0.119. The summed E-state index contributed by atoms with van der Waals surface area (Å²) in [7, 11) is 0. The zero-order valence-electron chi connectivity index (χ0n) is 12.2. The Morgan fingerprint density at radius 3 is 2.48 bits per heavy atom. The summed E-state index contributed by atoms with van der Waals surface area (Å²) in [6.45, 7) is 0. The number of nitrogens with one attached hydrogen (secondary N) is 2. The maximum Gasteiger partial charge on any atom is 0.267 e. The second-order valence-corrected chi connectivity index (χ2v) is 6.72. The SMILES string of the molecule is O=C(NC1Cc2ccccc2C1)c1cc2c(Cl)cc(Cl)cc2[nH]1. The first-order chi connectivity index (χ1) is 11.1. The highest BCUT2D eigenvalue weighted by Gasteiger charge is 2.23. The van der Waals surface area contributed by atoms with Crippen molar-refractivity contribution in [2.45, 2.75) is 18.9 Å². The molecule has 0 atom stereocenters. The molecule has 5 heteroatoms. The predicted octanol–water partition coefficient (Wildman–Crippen LogP) is 4.37. The lowest BCUT2D eigenvalue weighted by atomic mass is 10.1. The molecule has 4 rings (SSSR count). The minimum absolute atomic E-state index is 0.119. The summed E-state index contributed by atoms with van der Waals surface area (Å²) in [5.41, 5.74) is 3.89. The molecular formula is C18H14Cl2N2O. The number of aromatic nitrogens is 1. The molecule has 0 bridgehead atoms. The Bertz CT molecular complexity index is 892. The summed E-state index contributed by atoms with van der Waals surface area (Å²) in [6.07, 6.45) is 1.74. The maximum atomic E-state index is 12.5. The Morgan fingerprint density at radius 2 is 1.78 bits per heavy atom. The lowest BCUT2D eigenvalue weighted by Gasteiger charge is -2.10. The number of fused-ring (bicyclic) bond motifs is 2. The molecule has 2 aromatic carbocycles. The Morgan fingerprint density at radius 1 is 1.09 bits per heavy atom. The number of benzene rings is 2. The van der Waals surface area contributed by atoms with Gasteiger partial charge in [-0.25, -0.2) is 0 Å². The number of H-pyrrole nitrogens is 1. The van der Waals surface area contributed by atoms with E-state index in [2.05, 4.69) is 22.4 Å². The van der Waals surface area contributed by atoms with E-state index in [0.717, 1.165) is 23.7 Å². The number of hydrogen-bond acceptors (Lipinski definition) is 1. The smallest absolute Gasteiger partial charge is 0.267 e. The van der Waals surface area contributed by atoms with E-state index in [9.17, 15) is 4.79 Å². The zero-order valence-corrected chi connectivity index (χ0v) is 13.7. The van der Waals surface area contributed by atoms with Crippen LogP contribution in [-0.4, -0.2) is 16.9 Å². The van der Waals surface area contributed by atoms with Gasteiger partial charge in [0, 0.05) is 22.0 Å². The molecule has 0 saturated heterocycles. The molecule has 0 fully saturated rings. The number of carbonyl (C=O) groups is 1. The van der Waals surface area contributed by atoms with Crippen LogP contribution in [0.15, 0.2) is 42.5 Å². The fraction of sp³-hybridized carbons (Fsp3) is 0.167. The van der Waals surface area contributed by atoms with Crippen molar-refractivity contribution in [3.05, 3.63) is 69.3 Å². The fourth-order valence-corrected chi connectivity index (χ4v) is 3.75. The van der Waals surface area contributed by atoms with Crippen LogP contribution in [-0.2, 0) is 12.8 Å². The van der Waals surface area contributed by atoms with Crippen molar-refractivity contribution in [3.63, 3.8) is 0 Å². The van der Waals surface area contributed by atoms with Crippen LogP contribution >= 0.6 is 23.2 Å². The molecule has 0 radical (unpaired) electrons. The lowest BCUT2D eigenvalue weighted by Crippen LogP contribution is -2.35. The second-order valence-electron chi connectivity index (χ2n) is 5.88. The van der Waals surface area contributed by atoms with Crippen LogP contribution in [0.25, 0.3) is 10.9 Å². The molecule has 2 N–H and O–H groups in total. The normalized spacial score (nSPS) is 14.2. The topological polar surface area (TPSA) is 44.9 Å². The molecule has 1 amide bonds. The van der Waals surface area contributed by atoms with Crippen LogP contribution in [0.4, 0.5) is 0 Å². The van der Waals surface area contributed by atoms with Crippen LogP contribution in [0, 0.1) is 0 Å². The predicted molar refractivity (Wildman–Crippen MR) is 93.4 cm³/mol. The number of rotatable bonds is 2. The van der Waals surface area contributed by atoms with E-state index in [4.69, 9.17) is 23.2 Å². The summed E-state index contributed by atoms with van der Waals surface area (Å²) in [5, 5.41) is 4.97. The van der Waals surface area contributed by atoms with E-state index >= 15 is 0 Å². The number of amides is 1. The highest BCUT2D eigenvalue weighted by Crippen LogP contribution is 2.28. The van der Waals surface area contributed by atoms with E-state index < -0.39 is 0 Å². The Hall–Kier alpha value is -1.97. The molecule has 0 unspecified atom stereocenters. The molecule has 3 aromatic rings. The number of halogens is 2. The quantitative estimate of drug-likeness (QED) is 0.712. The first-order valence-electron chi connectivity index (χ1n) is 7.45. The minimum Gasteiger partial charge on any atom is -0.350 e. The van der Waals surface area contributed by atoms with Crippen molar-refractivity contribution in [1.29, 1.82) is 0 Å². The van der Waals surface area contributed by atoms with Crippen LogP contribution < -0.4 is 5.32 Å². The van der Waals surface area contributed by atoms with Crippen LogP contribution in [0.5, 0.6) is 0 Å². The van der Waals surface area contributed by atoms with Crippen molar-refractivity contribution in [2.24, 2.45) is 0 Å². The van der Waals surface area contributed by atoms with E-state index in [-0.39, 0.29) is 11.9 Å². The van der Waals surface area contributed by atoms with Crippen LogP contribution in [0.3, 0.4) is 0 Å². The summed E-state index contributed by atoms with van der Waals surface area (Å²) in [4.78, 5) is 15.6. The molecule has 1 aliphatic carbocycles. The second kappa shape index (κ2) is 5.59. The van der Waals surface area contributed by atoms with Gasteiger partial charge in [-0.15, -0.1) is 0 Å². The third-order valence-corrected chi connectivity index (χ3v) is 4.81. The van der Waals surface area contributed by atoms with Crippen molar-refractivity contribution < 1.29 is 4.79 Å². The molecule has 23 heavy (non-hydrogen) atoms. The number of carbonyl (C=O) groups excluding carboxylic acids is 1. The van der Waals surface area contributed by atoms with Gasteiger partial charge >= 0.3 is 0 Å². The molecule has 0 saturated carbocycles. The third kappa shape index (κ3) is 2.71. The lowest BCUT2D eigenvalue weighted by molar-refractivity contribution is 0.0934. The highest BCUT2D eigenvalue weighted by molar-refractivity contribution is 6.38. The number of aromatic amines is 1. The van der Waals surface area contributed by atoms with E-state index in [0.29, 0.717) is 15.7 Å². The number of hydrogen-bond donors (Lipinski definition) is 2. The molecule has 3 nitrogen and oxygen atoms in total. The monoisotopic (exact) mass is 344 g/mol. The Balaban J connectivity index is 1.55. The molecule has 0 aliphatic heterocycles. The summed E-state index contributed by atoms with van der Waals surface area (Å²) < 4.78 is 0. The van der Waals surface area contributed by atoms with Crippen molar-refractivity contribution >= 4 is 40.0 Å². The van der Waals surface area contributed by atoms with Gasteiger partial charge in [0.15, 0.2) is 0 Å². The minimum atomic E-state index is -0.119. The van der Waals surface area contributed by atoms with Gasteiger partial charge in [-0.05, 0) is 42.2 Å². The van der Waals surface area contributed by atoms with Crippen LogP contribution in [0.1, 0.15) is 21.6 Å².